The van der Waals surface area contributed by atoms with Crippen LogP contribution in [-0.2, 0) is 6.54 Å². The molecule has 0 radical (unpaired) electrons. The normalized spacial score (nSPS) is 14.9. The molecule has 140 valence electrons. The summed E-state index contributed by atoms with van der Waals surface area (Å²) >= 11 is 0. The van der Waals surface area contributed by atoms with Crippen molar-refractivity contribution in [3.05, 3.63) is 58.9 Å². The first kappa shape index (κ1) is 18.9. The van der Waals surface area contributed by atoms with Gasteiger partial charge >= 0.3 is 0 Å². The van der Waals surface area contributed by atoms with Crippen LogP contribution < -0.4 is 5.32 Å². The Kier molecular flexibility index (Phi) is 6.33. The van der Waals surface area contributed by atoms with Crippen LogP contribution in [0.1, 0.15) is 30.4 Å². The highest BCUT2D eigenvalue weighted by atomic mass is 19.2. The first-order valence-electron chi connectivity index (χ1n) is 9.23. The molecule has 0 aromatic heterocycles. The number of likely N-dealkylation sites (tertiary alicyclic amines) is 1. The number of nitrogens with zero attached hydrogens (tertiary/aromatic N) is 1. The van der Waals surface area contributed by atoms with E-state index in [1.807, 2.05) is 12.1 Å². The fourth-order valence-electron chi connectivity index (χ4n) is 3.36. The van der Waals surface area contributed by atoms with E-state index in [4.69, 9.17) is 0 Å². The van der Waals surface area contributed by atoms with Gasteiger partial charge in [-0.05, 0) is 69.6 Å². The molecule has 0 spiro atoms. The van der Waals surface area contributed by atoms with Gasteiger partial charge in [-0.25, -0.2) is 13.2 Å². The summed E-state index contributed by atoms with van der Waals surface area (Å²) in [5.74, 6) is -2.86. The highest BCUT2D eigenvalue weighted by Crippen LogP contribution is 2.28. The summed E-state index contributed by atoms with van der Waals surface area (Å²) in [5.41, 5.74) is 1.19. The number of hydrogen-bond acceptors (Lipinski definition) is 2. The highest BCUT2D eigenvalue weighted by molar-refractivity contribution is 5.65. The maximum atomic E-state index is 14.1. The molecule has 2 aromatic rings. The molecule has 2 nitrogen and oxygen atoms in total. The molecule has 0 bridgehead atoms. The van der Waals surface area contributed by atoms with Crippen LogP contribution in [0.2, 0.25) is 0 Å². The van der Waals surface area contributed by atoms with Gasteiger partial charge in [0.05, 0.1) is 0 Å². The van der Waals surface area contributed by atoms with Crippen molar-refractivity contribution in [2.75, 3.05) is 26.2 Å². The molecule has 1 fully saturated rings. The minimum absolute atomic E-state index is 0.0456. The lowest BCUT2D eigenvalue weighted by Crippen LogP contribution is -2.24. The van der Waals surface area contributed by atoms with Crippen molar-refractivity contribution in [2.45, 2.75) is 32.7 Å². The van der Waals surface area contributed by atoms with E-state index in [1.54, 1.807) is 12.1 Å². The Morgan fingerprint density at radius 2 is 1.69 bits per heavy atom. The number of nitrogens with one attached hydrogen (secondary N) is 1. The maximum Gasteiger partial charge on any atom is 0.167 e. The Bertz CT molecular complexity index is 738. The standard InChI is InChI=1S/C21H25F3N2/c1-15-19(22)13-18(21(24)20(15)23)17-7-5-16(6-8-17)14-25-9-4-12-26-10-2-3-11-26/h5-8,13,25H,2-4,9-12,14H2,1H3. The molecule has 1 aliphatic rings. The summed E-state index contributed by atoms with van der Waals surface area (Å²) in [4.78, 5) is 2.49. The second-order valence-corrected chi connectivity index (χ2v) is 6.93. The van der Waals surface area contributed by atoms with Crippen LogP contribution in [-0.4, -0.2) is 31.1 Å². The van der Waals surface area contributed by atoms with Crippen molar-refractivity contribution in [2.24, 2.45) is 0 Å². The van der Waals surface area contributed by atoms with Crippen molar-refractivity contribution >= 4 is 0 Å². The molecule has 0 saturated carbocycles. The molecule has 1 aliphatic heterocycles. The van der Waals surface area contributed by atoms with Crippen molar-refractivity contribution in [1.29, 1.82) is 0 Å². The van der Waals surface area contributed by atoms with E-state index in [0.29, 0.717) is 5.56 Å². The second kappa shape index (κ2) is 8.69. The molecular weight excluding hydrogens is 337 g/mol. The molecule has 2 aromatic carbocycles. The third kappa shape index (κ3) is 4.46. The van der Waals surface area contributed by atoms with E-state index < -0.39 is 17.5 Å². The quantitative estimate of drug-likeness (QED) is 0.569. The van der Waals surface area contributed by atoms with Gasteiger partial charge in [-0.2, -0.15) is 0 Å². The van der Waals surface area contributed by atoms with Gasteiger partial charge in [-0.15, -0.1) is 0 Å². The third-order valence-electron chi connectivity index (χ3n) is 5.01. The minimum atomic E-state index is -1.12. The molecule has 5 heteroatoms. The Morgan fingerprint density at radius 3 is 2.38 bits per heavy atom. The summed E-state index contributed by atoms with van der Waals surface area (Å²) in [5, 5.41) is 3.40. The monoisotopic (exact) mass is 362 g/mol. The molecule has 0 unspecified atom stereocenters. The first-order chi connectivity index (χ1) is 12.6. The largest absolute Gasteiger partial charge is 0.313 e. The van der Waals surface area contributed by atoms with Crippen molar-refractivity contribution in [3.8, 4) is 11.1 Å². The number of halogens is 3. The van der Waals surface area contributed by atoms with Gasteiger partial charge in [0.15, 0.2) is 11.6 Å². The zero-order chi connectivity index (χ0) is 18.5. The van der Waals surface area contributed by atoms with Crippen LogP contribution in [0.5, 0.6) is 0 Å². The molecule has 0 aliphatic carbocycles. The number of benzene rings is 2. The van der Waals surface area contributed by atoms with Gasteiger partial charge in [0, 0.05) is 17.7 Å². The van der Waals surface area contributed by atoms with Crippen LogP contribution in [0.4, 0.5) is 13.2 Å². The zero-order valence-electron chi connectivity index (χ0n) is 15.1. The van der Waals surface area contributed by atoms with Crippen LogP contribution >= 0.6 is 0 Å². The zero-order valence-corrected chi connectivity index (χ0v) is 15.1. The van der Waals surface area contributed by atoms with Gasteiger partial charge < -0.3 is 10.2 Å². The minimum Gasteiger partial charge on any atom is -0.313 e. The molecule has 3 rings (SSSR count). The molecule has 26 heavy (non-hydrogen) atoms. The number of rotatable bonds is 7. The van der Waals surface area contributed by atoms with Crippen LogP contribution in [0.15, 0.2) is 30.3 Å². The number of hydrogen-bond donors (Lipinski definition) is 1. The fraction of sp³-hybridized carbons (Fsp3) is 0.429. The molecule has 0 amide bonds. The first-order valence-corrected chi connectivity index (χ1v) is 9.23. The third-order valence-corrected chi connectivity index (χ3v) is 5.01. The molecular formula is C21H25F3N2. The average molecular weight is 362 g/mol. The molecule has 1 heterocycles. The van der Waals surface area contributed by atoms with Crippen molar-refractivity contribution < 1.29 is 13.2 Å². The van der Waals surface area contributed by atoms with E-state index in [-0.39, 0.29) is 11.1 Å². The van der Waals surface area contributed by atoms with E-state index >= 15 is 0 Å². The summed E-state index contributed by atoms with van der Waals surface area (Å²) < 4.78 is 41.5. The predicted molar refractivity (Wildman–Crippen MR) is 98.5 cm³/mol. The van der Waals surface area contributed by atoms with Gasteiger partial charge in [0.1, 0.15) is 5.82 Å². The lowest BCUT2D eigenvalue weighted by Gasteiger charge is -2.14. The van der Waals surface area contributed by atoms with Gasteiger partial charge in [0.25, 0.3) is 0 Å². The molecule has 1 saturated heterocycles. The predicted octanol–water partition coefficient (Wildman–Crippen LogP) is 4.65. The average Bonchev–Trinajstić information content (AvgIpc) is 3.17. The Morgan fingerprint density at radius 1 is 1.00 bits per heavy atom. The lowest BCUT2D eigenvalue weighted by atomic mass is 10.0. The van der Waals surface area contributed by atoms with E-state index in [1.165, 1.54) is 32.9 Å². The van der Waals surface area contributed by atoms with E-state index in [0.717, 1.165) is 37.7 Å². The van der Waals surface area contributed by atoms with Crippen LogP contribution in [0.3, 0.4) is 0 Å². The Hall–Kier alpha value is -1.85. The van der Waals surface area contributed by atoms with Gasteiger partial charge in [0.2, 0.25) is 0 Å². The Labute approximate surface area is 153 Å². The van der Waals surface area contributed by atoms with Crippen molar-refractivity contribution in [1.82, 2.24) is 10.2 Å². The van der Waals surface area contributed by atoms with Crippen molar-refractivity contribution in [3.63, 3.8) is 0 Å². The lowest BCUT2D eigenvalue weighted by molar-refractivity contribution is 0.331. The fourth-order valence-corrected chi connectivity index (χ4v) is 3.36. The molecule has 0 atom stereocenters. The van der Waals surface area contributed by atoms with Crippen LogP contribution in [0, 0.1) is 24.4 Å². The SMILES string of the molecule is Cc1c(F)cc(-c2ccc(CNCCCN3CCCC3)cc2)c(F)c1F. The molecule has 1 N–H and O–H groups in total. The Balaban J connectivity index is 1.54. The summed E-state index contributed by atoms with van der Waals surface area (Å²) in [6, 6.07) is 8.18. The smallest absolute Gasteiger partial charge is 0.167 e. The highest BCUT2D eigenvalue weighted by Gasteiger charge is 2.16. The summed E-state index contributed by atoms with van der Waals surface area (Å²) in [6.07, 6.45) is 3.75. The second-order valence-electron chi connectivity index (χ2n) is 6.93. The van der Waals surface area contributed by atoms with Crippen LogP contribution in [0.25, 0.3) is 11.1 Å². The maximum absolute atomic E-state index is 14.1. The van der Waals surface area contributed by atoms with E-state index in [9.17, 15) is 13.2 Å². The van der Waals surface area contributed by atoms with Gasteiger partial charge in [-0.1, -0.05) is 24.3 Å². The van der Waals surface area contributed by atoms with Gasteiger partial charge in [-0.3, -0.25) is 0 Å². The van der Waals surface area contributed by atoms with E-state index in [2.05, 4.69) is 10.2 Å². The topological polar surface area (TPSA) is 15.3 Å². The summed E-state index contributed by atoms with van der Waals surface area (Å²) in [6.45, 7) is 6.48. The summed E-state index contributed by atoms with van der Waals surface area (Å²) in [7, 11) is 0.